The molecule has 14 nitrogen and oxygen atoms in total. The van der Waals surface area contributed by atoms with Crippen LogP contribution in [0.2, 0.25) is 0 Å². The standard InChI is InChI=1S/C15H25N5O9/c1-6(21)12(20-13(27)7(16)2-3-9(17)22)15(29)19-8(4-10(23)24)14(28)18-5-11(25)26/h6-8,12,21H,2-5,16H2,1H3,(H2,17,22)(H,18,28)(H,19,29)(H,20,27)(H,23,24)(H,25,26). The maximum atomic E-state index is 12.4. The molecule has 0 aromatic carbocycles. The van der Waals surface area contributed by atoms with Crippen molar-refractivity contribution in [1.82, 2.24) is 16.0 Å². The lowest BCUT2D eigenvalue weighted by molar-refractivity contribution is -0.142. The first-order valence-electron chi connectivity index (χ1n) is 8.39. The molecule has 0 fully saturated rings. The molecule has 164 valence electrons. The fraction of sp³-hybridized carbons (Fsp3) is 0.600. The van der Waals surface area contributed by atoms with Crippen molar-refractivity contribution in [3.05, 3.63) is 0 Å². The van der Waals surface area contributed by atoms with Crippen LogP contribution in [-0.2, 0) is 28.8 Å². The Morgan fingerprint density at radius 3 is 1.97 bits per heavy atom. The van der Waals surface area contributed by atoms with Crippen LogP contribution in [0.5, 0.6) is 0 Å². The number of hydrogen-bond donors (Lipinski definition) is 8. The van der Waals surface area contributed by atoms with Gasteiger partial charge in [0.25, 0.3) is 0 Å². The molecular formula is C15H25N5O9. The fourth-order valence-corrected chi connectivity index (χ4v) is 2.03. The van der Waals surface area contributed by atoms with E-state index in [4.69, 9.17) is 21.7 Å². The first-order chi connectivity index (χ1) is 13.3. The summed E-state index contributed by atoms with van der Waals surface area (Å²) in [5.41, 5.74) is 10.5. The normalized spacial score (nSPS) is 14.6. The number of amides is 4. The van der Waals surface area contributed by atoms with E-state index in [1.165, 1.54) is 0 Å². The van der Waals surface area contributed by atoms with Crippen molar-refractivity contribution in [3.8, 4) is 0 Å². The second-order valence-corrected chi connectivity index (χ2v) is 6.11. The van der Waals surface area contributed by atoms with E-state index in [2.05, 4.69) is 5.32 Å². The van der Waals surface area contributed by atoms with Crippen LogP contribution >= 0.6 is 0 Å². The lowest BCUT2D eigenvalue weighted by Crippen LogP contribution is -2.59. The molecule has 0 aliphatic carbocycles. The molecule has 0 spiro atoms. The molecule has 0 radical (unpaired) electrons. The van der Waals surface area contributed by atoms with Gasteiger partial charge in [0.1, 0.15) is 18.6 Å². The lowest BCUT2D eigenvalue weighted by Gasteiger charge is -2.25. The van der Waals surface area contributed by atoms with Crippen molar-refractivity contribution in [2.75, 3.05) is 6.54 Å². The van der Waals surface area contributed by atoms with Gasteiger partial charge in [-0.2, -0.15) is 0 Å². The number of nitrogens with one attached hydrogen (secondary N) is 3. The minimum absolute atomic E-state index is 0.117. The van der Waals surface area contributed by atoms with E-state index in [1.54, 1.807) is 0 Å². The second kappa shape index (κ2) is 12.2. The Morgan fingerprint density at radius 1 is 0.931 bits per heavy atom. The third kappa shape index (κ3) is 10.6. The summed E-state index contributed by atoms with van der Waals surface area (Å²) in [6.07, 6.45) is -2.65. The van der Waals surface area contributed by atoms with Crippen LogP contribution in [-0.4, -0.2) is 81.7 Å². The van der Waals surface area contributed by atoms with Gasteiger partial charge in [-0.05, 0) is 13.3 Å². The zero-order valence-corrected chi connectivity index (χ0v) is 15.6. The summed E-state index contributed by atoms with van der Waals surface area (Å²) in [6.45, 7) is 0.340. The second-order valence-electron chi connectivity index (χ2n) is 6.11. The van der Waals surface area contributed by atoms with Gasteiger partial charge in [0, 0.05) is 6.42 Å². The number of carboxylic acid groups (broad SMARTS) is 2. The molecule has 0 bridgehead atoms. The molecule has 4 atom stereocenters. The largest absolute Gasteiger partial charge is 0.481 e. The van der Waals surface area contributed by atoms with Gasteiger partial charge in [-0.1, -0.05) is 0 Å². The fourth-order valence-electron chi connectivity index (χ4n) is 2.03. The third-order valence-corrected chi connectivity index (χ3v) is 3.53. The van der Waals surface area contributed by atoms with Crippen LogP contribution in [0.4, 0.5) is 0 Å². The Balaban J connectivity index is 5.15. The first kappa shape index (κ1) is 25.7. The summed E-state index contributed by atoms with van der Waals surface area (Å²) in [7, 11) is 0. The van der Waals surface area contributed by atoms with Crippen molar-refractivity contribution in [1.29, 1.82) is 0 Å². The molecule has 0 aromatic heterocycles. The number of nitrogens with two attached hydrogens (primary N) is 2. The minimum atomic E-state index is -1.67. The smallest absolute Gasteiger partial charge is 0.322 e. The van der Waals surface area contributed by atoms with Crippen molar-refractivity contribution < 1.29 is 44.1 Å². The first-order valence-corrected chi connectivity index (χ1v) is 8.39. The van der Waals surface area contributed by atoms with Gasteiger partial charge in [0.15, 0.2) is 0 Å². The maximum absolute atomic E-state index is 12.4. The van der Waals surface area contributed by atoms with Gasteiger partial charge in [0.05, 0.1) is 18.6 Å². The zero-order valence-electron chi connectivity index (χ0n) is 15.6. The van der Waals surface area contributed by atoms with Crippen molar-refractivity contribution >= 4 is 35.6 Å². The minimum Gasteiger partial charge on any atom is -0.481 e. The zero-order chi connectivity index (χ0) is 22.7. The van der Waals surface area contributed by atoms with Crippen LogP contribution in [0.3, 0.4) is 0 Å². The SMILES string of the molecule is CC(O)C(NC(=O)C(N)CCC(N)=O)C(=O)NC(CC(=O)O)C(=O)NCC(=O)O. The number of aliphatic carboxylic acids is 2. The summed E-state index contributed by atoms with van der Waals surface area (Å²) in [6, 6.07) is -4.49. The highest BCUT2D eigenvalue weighted by Gasteiger charge is 2.32. The molecule has 4 unspecified atom stereocenters. The molecule has 0 saturated carbocycles. The third-order valence-electron chi connectivity index (χ3n) is 3.53. The van der Waals surface area contributed by atoms with E-state index >= 15 is 0 Å². The van der Waals surface area contributed by atoms with Gasteiger partial charge in [-0.3, -0.25) is 28.8 Å². The summed E-state index contributed by atoms with van der Waals surface area (Å²) in [5, 5.41) is 33.3. The van der Waals surface area contributed by atoms with Gasteiger partial charge >= 0.3 is 11.9 Å². The van der Waals surface area contributed by atoms with E-state index in [1.807, 2.05) is 10.6 Å². The molecule has 14 heteroatoms. The number of hydrogen-bond acceptors (Lipinski definition) is 8. The van der Waals surface area contributed by atoms with E-state index in [9.17, 15) is 33.9 Å². The molecule has 0 rings (SSSR count). The predicted octanol–water partition coefficient (Wildman–Crippen LogP) is -4.39. The number of primary amides is 1. The molecule has 10 N–H and O–H groups in total. The van der Waals surface area contributed by atoms with Crippen LogP contribution in [0, 0.1) is 0 Å². The Labute approximate surface area is 165 Å². The van der Waals surface area contributed by atoms with Crippen molar-refractivity contribution in [3.63, 3.8) is 0 Å². The summed E-state index contributed by atoms with van der Waals surface area (Å²) in [4.78, 5) is 68.5. The summed E-state index contributed by atoms with van der Waals surface area (Å²) < 4.78 is 0. The van der Waals surface area contributed by atoms with Gasteiger partial charge < -0.3 is 42.7 Å². The average Bonchev–Trinajstić information content (AvgIpc) is 2.60. The van der Waals surface area contributed by atoms with Crippen molar-refractivity contribution in [2.24, 2.45) is 11.5 Å². The molecule has 0 saturated heterocycles. The molecule has 4 amide bonds. The summed E-state index contributed by atoms with van der Waals surface area (Å²) >= 11 is 0. The topological polar surface area (TPSA) is 251 Å². The molecule has 0 aromatic rings. The molecule has 0 aliphatic heterocycles. The molecule has 0 aliphatic rings. The van der Waals surface area contributed by atoms with Gasteiger partial charge in [0.2, 0.25) is 23.6 Å². The van der Waals surface area contributed by atoms with E-state index in [0.29, 0.717) is 0 Å². The average molecular weight is 419 g/mol. The Kier molecular flexibility index (Phi) is 10.9. The highest BCUT2D eigenvalue weighted by atomic mass is 16.4. The predicted molar refractivity (Wildman–Crippen MR) is 94.8 cm³/mol. The number of carbonyl (C=O) groups excluding carboxylic acids is 4. The quantitative estimate of drug-likeness (QED) is 0.142. The van der Waals surface area contributed by atoms with Crippen molar-refractivity contribution in [2.45, 2.75) is 50.4 Å². The molecule has 0 heterocycles. The van der Waals surface area contributed by atoms with Crippen LogP contribution in [0.25, 0.3) is 0 Å². The Bertz CT molecular complexity index is 652. The van der Waals surface area contributed by atoms with E-state index < -0.39 is 72.8 Å². The number of rotatable bonds is 13. The summed E-state index contributed by atoms with van der Waals surface area (Å²) in [5.74, 6) is -6.63. The Morgan fingerprint density at radius 2 is 1.52 bits per heavy atom. The maximum Gasteiger partial charge on any atom is 0.322 e. The molecular weight excluding hydrogens is 394 g/mol. The van der Waals surface area contributed by atoms with Crippen LogP contribution < -0.4 is 27.4 Å². The van der Waals surface area contributed by atoms with E-state index in [0.717, 1.165) is 6.92 Å². The number of carboxylic acids is 2. The number of aliphatic hydroxyl groups is 1. The van der Waals surface area contributed by atoms with Gasteiger partial charge in [-0.25, -0.2) is 0 Å². The highest BCUT2D eigenvalue weighted by Crippen LogP contribution is 2.01. The molecule has 29 heavy (non-hydrogen) atoms. The Hall–Kier alpha value is -3.26. The van der Waals surface area contributed by atoms with Crippen LogP contribution in [0.1, 0.15) is 26.2 Å². The van der Waals surface area contributed by atoms with E-state index in [-0.39, 0.29) is 12.8 Å². The van der Waals surface area contributed by atoms with Gasteiger partial charge in [-0.15, -0.1) is 0 Å². The number of aliphatic hydroxyl groups excluding tert-OH is 1. The number of carbonyl (C=O) groups is 6. The highest BCUT2D eigenvalue weighted by molar-refractivity contribution is 5.95. The monoisotopic (exact) mass is 419 g/mol. The van der Waals surface area contributed by atoms with Crippen LogP contribution in [0.15, 0.2) is 0 Å². The lowest BCUT2D eigenvalue weighted by atomic mass is 10.1.